The number of thiophene rings is 1. The van der Waals surface area contributed by atoms with Crippen LogP contribution in [0.3, 0.4) is 0 Å². The first kappa shape index (κ1) is 22.4. The molecule has 0 N–H and O–H groups in total. The molecule has 0 aliphatic carbocycles. The molecule has 0 saturated carbocycles. The van der Waals surface area contributed by atoms with Gasteiger partial charge < -0.3 is 23.6 Å². The van der Waals surface area contributed by atoms with E-state index in [4.69, 9.17) is 18.7 Å². The lowest BCUT2D eigenvalue weighted by molar-refractivity contribution is -0.133. The minimum Gasteiger partial charge on any atom is -0.493 e. The molecule has 0 saturated heterocycles. The van der Waals surface area contributed by atoms with E-state index in [0.717, 1.165) is 16.8 Å². The van der Waals surface area contributed by atoms with Crippen molar-refractivity contribution in [2.75, 3.05) is 20.8 Å². The van der Waals surface area contributed by atoms with Gasteiger partial charge in [-0.25, -0.2) is 4.79 Å². The molecule has 0 unspecified atom stereocenters. The molecule has 0 fully saturated rings. The molecule has 0 bridgehead atoms. The van der Waals surface area contributed by atoms with Gasteiger partial charge >= 0.3 is 5.97 Å². The predicted molar refractivity (Wildman–Crippen MR) is 114 cm³/mol. The molecule has 0 aliphatic rings. The third kappa shape index (κ3) is 5.64. The lowest BCUT2D eigenvalue weighted by Crippen LogP contribution is -2.30. The van der Waals surface area contributed by atoms with E-state index in [9.17, 15) is 9.59 Å². The van der Waals surface area contributed by atoms with Crippen molar-refractivity contribution in [2.24, 2.45) is 0 Å². The van der Waals surface area contributed by atoms with Gasteiger partial charge in [0.05, 0.1) is 23.9 Å². The fourth-order valence-electron chi connectivity index (χ4n) is 2.84. The van der Waals surface area contributed by atoms with E-state index in [-0.39, 0.29) is 24.7 Å². The topological polar surface area (TPSA) is 91.1 Å². The molecule has 3 aromatic rings. The Morgan fingerprint density at radius 2 is 2.00 bits per heavy atom. The normalized spacial score (nSPS) is 10.6. The first-order valence-corrected chi connectivity index (χ1v) is 10.5. The number of ether oxygens (including phenoxy) is 3. The quantitative estimate of drug-likeness (QED) is 0.464. The largest absolute Gasteiger partial charge is 0.493 e. The summed E-state index contributed by atoms with van der Waals surface area (Å²) in [6.45, 7) is 4.03. The monoisotopic (exact) mass is 444 g/mol. The van der Waals surface area contributed by atoms with E-state index in [1.807, 2.05) is 30.7 Å². The van der Waals surface area contributed by atoms with E-state index in [2.05, 4.69) is 5.16 Å². The van der Waals surface area contributed by atoms with Crippen LogP contribution in [0, 0.1) is 13.8 Å². The minimum atomic E-state index is -0.618. The van der Waals surface area contributed by atoms with Crippen molar-refractivity contribution in [1.29, 1.82) is 0 Å². The SMILES string of the molecule is COc1cc(C(=O)OCC(=O)N(C)Cc2ccsc2)ccc1OCc1c(C)noc1C. The van der Waals surface area contributed by atoms with Crippen molar-refractivity contribution >= 4 is 23.2 Å². The maximum Gasteiger partial charge on any atom is 0.338 e. The molecule has 0 atom stereocenters. The number of esters is 1. The molecule has 2 aromatic heterocycles. The number of amides is 1. The highest BCUT2D eigenvalue weighted by molar-refractivity contribution is 7.07. The highest BCUT2D eigenvalue weighted by atomic mass is 32.1. The third-order valence-corrected chi connectivity index (χ3v) is 5.44. The van der Waals surface area contributed by atoms with E-state index in [1.165, 1.54) is 18.1 Å². The number of hydrogen-bond acceptors (Lipinski definition) is 8. The average Bonchev–Trinajstić information content (AvgIpc) is 3.39. The maximum absolute atomic E-state index is 12.4. The Kier molecular flexibility index (Phi) is 7.30. The molecule has 31 heavy (non-hydrogen) atoms. The second-order valence-corrected chi connectivity index (χ2v) is 7.69. The zero-order valence-electron chi connectivity index (χ0n) is 17.8. The summed E-state index contributed by atoms with van der Waals surface area (Å²) in [5, 5.41) is 7.81. The molecule has 3 rings (SSSR count). The molecule has 164 valence electrons. The minimum absolute atomic E-state index is 0.256. The van der Waals surface area contributed by atoms with Gasteiger partial charge in [-0.15, -0.1) is 0 Å². The van der Waals surface area contributed by atoms with Crippen molar-refractivity contribution < 1.29 is 28.3 Å². The molecule has 0 spiro atoms. The van der Waals surface area contributed by atoms with Crippen LogP contribution in [0.2, 0.25) is 0 Å². The van der Waals surface area contributed by atoms with Gasteiger partial charge in [-0.2, -0.15) is 11.3 Å². The second kappa shape index (κ2) is 10.1. The smallest absolute Gasteiger partial charge is 0.338 e. The van der Waals surface area contributed by atoms with Gasteiger partial charge in [0, 0.05) is 13.6 Å². The summed E-state index contributed by atoms with van der Waals surface area (Å²) in [6, 6.07) is 6.65. The van der Waals surface area contributed by atoms with Crippen LogP contribution in [0.1, 0.15) is 32.9 Å². The van der Waals surface area contributed by atoms with E-state index >= 15 is 0 Å². The van der Waals surface area contributed by atoms with Crippen LogP contribution >= 0.6 is 11.3 Å². The Balaban J connectivity index is 1.58. The number of aromatic nitrogens is 1. The molecular formula is C22H24N2O6S. The van der Waals surface area contributed by atoms with Crippen LogP contribution in [-0.2, 0) is 22.7 Å². The van der Waals surface area contributed by atoms with E-state index in [0.29, 0.717) is 23.8 Å². The first-order chi connectivity index (χ1) is 14.9. The summed E-state index contributed by atoms with van der Waals surface area (Å²) in [4.78, 5) is 26.1. The Labute approximate surface area is 184 Å². The van der Waals surface area contributed by atoms with E-state index in [1.54, 1.807) is 30.5 Å². The van der Waals surface area contributed by atoms with Crippen LogP contribution in [0.15, 0.2) is 39.5 Å². The molecule has 9 heteroatoms. The number of benzene rings is 1. The van der Waals surface area contributed by atoms with Gasteiger partial charge in [-0.3, -0.25) is 4.79 Å². The lowest BCUT2D eigenvalue weighted by Gasteiger charge is -2.16. The summed E-state index contributed by atoms with van der Waals surface area (Å²) >= 11 is 1.56. The molecular weight excluding hydrogens is 420 g/mol. The highest BCUT2D eigenvalue weighted by Gasteiger charge is 2.17. The van der Waals surface area contributed by atoms with Crippen molar-refractivity contribution in [1.82, 2.24) is 10.1 Å². The van der Waals surface area contributed by atoms with Crippen LogP contribution in [-0.4, -0.2) is 42.7 Å². The van der Waals surface area contributed by atoms with Gasteiger partial charge in [0.15, 0.2) is 18.1 Å². The number of aryl methyl sites for hydroxylation is 2. The maximum atomic E-state index is 12.4. The highest BCUT2D eigenvalue weighted by Crippen LogP contribution is 2.29. The molecule has 8 nitrogen and oxygen atoms in total. The Morgan fingerprint density at radius 3 is 2.65 bits per heavy atom. The summed E-state index contributed by atoms with van der Waals surface area (Å²) in [7, 11) is 3.15. The number of nitrogens with zero attached hydrogens (tertiary/aromatic N) is 2. The third-order valence-electron chi connectivity index (χ3n) is 4.70. The molecule has 0 radical (unpaired) electrons. The van der Waals surface area contributed by atoms with Crippen LogP contribution in [0.4, 0.5) is 0 Å². The van der Waals surface area contributed by atoms with Gasteiger partial charge in [0.1, 0.15) is 12.4 Å². The van der Waals surface area contributed by atoms with Crippen molar-refractivity contribution in [2.45, 2.75) is 27.0 Å². The Morgan fingerprint density at radius 1 is 1.19 bits per heavy atom. The molecule has 1 aromatic carbocycles. The second-order valence-electron chi connectivity index (χ2n) is 6.91. The van der Waals surface area contributed by atoms with Crippen molar-refractivity contribution in [3.8, 4) is 11.5 Å². The average molecular weight is 445 g/mol. The van der Waals surface area contributed by atoms with Crippen LogP contribution in [0.5, 0.6) is 11.5 Å². The number of rotatable bonds is 9. The standard InChI is InChI=1S/C22H24N2O6S/c1-14-18(15(2)30-23-14)11-28-19-6-5-17(9-20(19)27-4)22(26)29-12-21(25)24(3)10-16-7-8-31-13-16/h5-9,13H,10-12H2,1-4H3. The fraction of sp³-hybridized carbons (Fsp3) is 0.318. The number of likely N-dealkylation sites (N-methyl/N-ethyl adjacent to an activating group) is 1. The van der Waals surface area contributed by atoms with Gasteiger partial charge in [-0.1, -0.05) is 5.16 Å². The number of carbonyl (C=O) groups excluding carboxylic acids is 2. The van der Waals surface area contributed by atoms with Gasteiger partial charge in [0.25, 0.3) is 5.91 Å². The van der Waals surface area contributed by atoms with Crippen LogP contribution in [0.25, 0.3) is 0 Å². The summed E-state index contributed by atoms with van der Waals surface area (Å²) < 4.78 is 21.5. The van der Waals surface area contributed by atoms with Crippen LogP contribution < -0.4 is 9.47 Å². The first-order valence-electron chi connectivity index (χ1n) is 9.53. The lowest BCUT2D eigenvalue weighted by atomic mass is 10.2. The van der Waals surface area contributed by atoms with E-state index < -0.39 is 5.97 Å². The summed E-state index contributed by atoms with van der Waals surface area (Å²) in [5.41, 5.74) is 2.90. The molecule has 2 heterocycles. The number of carbonyl (C=O) groups is 2. The Bertz CT molecular complexity index is 1020. The molecule has 1 amide bonds. The van der Waals surface area contributed by atoms with Gasteiger partial charge in [0.2, 0.25) is 0 Å². The van der Waals surface area contributed by atoms with Crippen molar-refractivity contribution in [3.05, 3.63) is 63.2 Å². The summed E-state index contributed by atoms with van der Waals surface area (Å²) in [5.74, 6) is 0.622. The Hall–Kier alpha value is -3.33. The predicted octanol–water partition coefficient (Wildman–Crippen LogP) is 3.76. The fourth-order valence-corrected chi connectivity index (χ4v) is 3.50. The number of hydrogen-bond donors (Lipinski definition) is 0. The van der Waals surface area contributed by atoms with Crippen molar-refractivity contribution in [3.63, 3.8) is 0 Å². The zero-order valence-corrected chi connectivity index (χ0v) is 18.7. The summed E-state index contributed by atoms with van der Waals surface area (Å²) in [6.07, 6.45) is 0. The van der Waals surface area contributed by atoms with Gasteiger partial charge in [-0.05, 0) is 54.4 Å². The zero-order chi connectivity index (χ0) is 22.4. The molecule has 0 aliphatic heterocycles. The number of methoxy groups -OCH3 is 1.